The molecule has 3 N–H and O–H groups in total. The molecule has 10 nitrogen and oxygen atoms in total. The van der Waals surface area contributed by atoms with Gasteiger partial charge < -0.3 is 15.4 Å². The number of rotatable bonds is 10. The molecule has 1 fully saturated rings. The van der Waals surface area contributed by atoms with E-state index in [0.29, 0.717) is 36.0 Å². The van der Waals surface area contributed by atoms with E-state index in [1.165, 1.54) is 0 Å². The van der Waals surface area contributed by atoms with Gasteiger partial charge in [-0.15, -0.1) is 0 Å². The summed E-state index contributed by atoms with van der Waals surface area (Å²) < 4.78 is 10.8. The molecule has 224 valence electrons. The normalized spacial score (nSPS) is 17.7. The predicted molar refractivity (Wildman–Crippen MR) is 162 cm³/mol. The fraction of sp³-hybridized carbons (Fsp3) is 0.452. The Morgan fingerprint density at radius 3 is 2.31 bits per heavy atom. The second-order valence-corrected chi connectivity index (χ2v) is 12.7. The fourth-order valence-electron chi connectivity index (χ4n) is 5.11. The van der Waals surface area contributed by atoms with E-state index in [9.17, 15) is 19.2 Å². The summed E-state index contributed by atoms with van der Waals surface area (Å²) in [4.78, 5) is 52.6. The third-order valence-electron chi connectivity index (χ3n) is 7.32. The lowest BCUT2D eigenvalue weighted by molar-refractivity contribution is -0.129. The Balaban J connectivity index is 1.35. The number of halogens is 1. The highest BCUT2D eigenvalue weighted by Gasteiger charge is 2.30. The Hall–Kier alpha value is -3.73. The van der Waals surface area contributed by atoms with E-state index in [0.717, 1.165) is 35.7 Å². The molecule has 2 aromatic carbocycles. The Kier molecular flexibility index (Phi) is 10.4. The molecule has 1 atom stereocenters. The number of nitrogens with one attached hydrogen (secondary N) is 3. The van der Waals surface area contributed by atoms with Crippen molar-refractivity contribution in [1.29, 1.82) is 0 Å². The van der Waals surface area contributed by atoms with Crippen LogP contribution in [-0.4, -0.2) is 40.1 Å². The summed E-state index contributed by atoms with van der Waals surface area (Å²) in [6, 6.07) is 14.6. The molecule has 2 amide bonds. The fourth-order valence-corrected chi connectivity index (χ4v) is 5.38. The number of carbonyl (C=O) groups excluding carboxylic acids is 3. The van der Waals surface area contributed by atoms with Gasteiger partial charge >= 0.3 is 11.8 Å². The first-order valence-electron chi connectivity index (χ1n) is 14.2. The summed E-state index contributed by atoms with van der Waals surface area (Å²) in [6.07, 6.45) is 3.28. The number of hydrogen-bond donors (Lipinski definition) is 3. The third-order valence-corrected chi connectivity index (χ3v) is 7.84. The first kappa shape index (κ1) is 31.2. The van der Waals surface area contributed by atoms with Crippen LogP contribution in [-0.2, 0) is 20.7 Å². The first-order valence-corrected chi connectivity index (χ1v) is 15.0. The lowest BCUT2D eigenvalue weighted by Crippen LogP contribution is -2.37. The summed E-state index contributed by atoms with van der Waals surface area (Å²) in [5, 5.41) is 9.46. The summed E-state index contributed by atoms with van der Waals surface area (Å²) in [5.74, 6) is -0.842. The number of hydrogen-bond acceptors (Lipinski definition) is 7. The number of aromatic nitrogens is 2. The highest BCUT2D eigenvalue weighted by atomic mass is 79.9. The van der Waals surface area contributed by atoms with Gasteiger partial charge in [0.2, 0.25) is 5.91 Å². The number of carbonyl (C=O) groups is 3. The van der Waals surface area contributed by atoms with Gasteiger partial charge in [0.05, 0.1) is 0 Å². The number of nitrogens with zero attached hydrogens (tertiary/aromatic N) is 1. The monoisotopic (exact) mass is 640 g/mol. The molecule has 1 saturated carbocycles. The van der Waals surface area contributed by atoms with Crippen molar-refractivity contribution in [2.75, 3.05) is 11.9 Å². The van der Waals surface area contributed by atoms with Gasteiger partial charge in [0, 0.05) is 40.5 Å². The minimum Gasteiger partial charge on any atom is -0.444 e. The van der Waals surface area contributed by atoms with E-state index in [2.05, 4.69) is 41.2 Å². The molecule has 1 aliphatic rings. The van der Waals surface area contributed by atoms with Crippen molar-refractivity contribution < 1.29 is 23.6 Å². The molecule has 0 unspecified atom stereocenters. The molecule has 0 aliphatic heterocycles. The minimum atomic E-state index is -0.645. The number of aromatic amines is 1. The van der Waals surface area contributed by atoms with Gasteiger partial charge in [-0.1, -0.05) is 33.2 Å². The van der Waals surface area contributed by atoms with Crippen LogP contribution in [0.2, 0.25) is 0 Å². The number of ketones is 1. The number of H-pyrrole nitrogens is 1. The van der Waals surface area contributed by atoms with Crippen molar-refractivity contribution in [1.82, 2.24) is 15.5 Å². The van der Waals surface area contributed by atoms with Crippen molar-refractivity contribution in [2.24, 2.45) is 17.8 Å². The zero-order valence-corrected chi connectivity index (χ0v) is 25.7. The van der Waals surface area contributed by atoms with Crippen molar-refractivity contribution >= 4 is 39.4 Å². The molecule has 0 bridgehead atoms. The van der Waals surface area contributed by atoms with E-state index < -0.39 is 23.4 Å². The van der Waals surface area contributed by atoms with Gasteiger partial charge in [-0.25, -0.2) is 9.59 Å². The van der Waals surface area contributed by atoms with Crippen LogP contribution < -0.4 is 16.4 Å². The minimum absolute atomic E-state index is 0.0937. The zero-order chi connectivity index (χ0) is 30.3. The van der Waals surface area contributed by atoms with Crippen LogP contribution >= 0.6 is 15.9 Å². The third kappa shape index (κ3) is 9.40. The molecular weight excluding hydrogens is 604 g/mol. The van der Waals surface area contributed by atoms with Crippen LogP contribution in [0, 0.1) is 17.8 Å². The van der Waals surface area contributed by atoms with Gasteiger partial charge in [-0.3, -0.25) is 19.1 Å². The molecular formula is C31H37BrN4O6. The number of benzene rings is 2. The zero-order valence-electron chi connectivity index (χ0n) is 24.1. The Bertz CT molecular complexity index is 1420. The number of Topliss-reactive ketones (excluding diaryl/α,β-unsaturated/α-hetero) is 1. The van der Waals surface area contributed by atoms with E-state index in [4.69, 9.17) is 4.74 Å². The number of ether oxygens (including phenoxy) is 1. The second-order valence-electron chi connectivity index (χ2n) is 11.8. The molecule has 42 heavy (non-hydrogen) atoms. The quantitative estimate of drug-likeness (QED) is 0.251. The van der Waals surface area contributed by atoms with Crippen LogP contribution in [0.25, 0.3) is 11.4 Å². The summed E-state index contributed by atoms with van der Waals surface area (Å²) >= 11 is 3.44. The van der Waals surface area contributed by atoms with Crippen molar-refractivity contribution in [2.45, 2.75) is 64.9 Å². The van der Waals surface area contributed by atoms with Crippen molar-refractivity contribution in [3.63, 3.8) is 0 Å². The largest absolute Gasteiger partial charge is 0.444 e. The average Bonchev–Trinajstić information content (AvgIpc) is 3.38. The lowest BCUT2D eigenvalue weighted by atomic mass is 9.77. The molecule has 0 radical (unpaired) electrons. The Labute approximate surface area is 253 Å². The predicted octanol–water partition coefficient (Wildman–Crippen LogP) is 5.88. The molecule has 1 aliphatic carbocycles. The maximum Gasteiger partial charge on any atom is 0.439 e. The Morgan fingerprint density at radius 1 is 1.05 bits per heavy atom. The van der Waals surface area contributed by atoms with Gasteiger partial charge in [0.15, 0.2) is 5.82 Å². The number of alkyl carbamates (subject to hydrolysis) is 1. The number of anilines is 1. The summed E-state index contributed by atoms with van der Waals surface area (Å²) in [7, 11) is 0. The lowest BCUT2D eigenvalue weighted by Gasteiger charge is -2.29. The maximum absolute atomic E-state index is 13.5. The van der Waals surface area contributed by atoms with Gasteiger partial charge in [-0.05, 0) is 101 Å². The highest BCUT2D eigenvalue weighted by Crippen LogP contribution is 2.31. The molecule has 0 spiro atoms. The van der Waals surface area contributed by atoms with Crippen LogP contribution in [0.15, 0.2) is 62.3 Å². The maximum atomic E-state index is 13.5. The van der Waals surface area contributed by atoms with E-state index >= 15 is 0 Å². The van der Waals surface area contributed by atoms with E-state index in [1.54, 1.807) is 24.3 Å². The second kappa shape index (κ2) is 14.0. The highest BCUT2D eigenvalue weighted by molar-refractivity contribution is 9.10. The standard InChI is InChI=1S/C31H37BrN4O6/c1-31(2,3)41-29(39)33-18-20-4-8-21(9-5-20)26(37)17-23(16-19-6-12-24(32)13-7-19)28(38)34-25-14-10-22(11-15-25)27-35-30(40)42-36-27/h6-7,10-15,20-21,23H,4-5,8-9,16-18H2,1-3H3,(H,33,39)(H,34,38)(H,35,36,40)/t20?,21?,23-/m1/s1. The van der Waals surface area contributed by atoms with Crippen LogP contribution in [0.4, 0.5) is 10.5 Å². The molecule has 1 aromatic heterocycles. The summed E-state index contributed by atoms with van der Waals surface area (Å²) in [5.41, 5.74) is 1.63. The molecule has 11 heteroatoms. The van der Waals surface area contributed by atoms with Gasteiger partial charge in [0.25, 0.3) is 0 Å². The first-order chi connectivity index (χ1) is 19.9. The topological polar surface area (TPSA) is 143 Å². The molecule has 3 aromatic rings. The van der Waals surface area contributed by atoms with Gasteiger partial charge in [0.1, 0.15) is 11.4 Å². The van der Waals surface area contributed by atoms with Crippen LogP contribution in [0.5, 0.6) is 0 Å². The smallest absolute Gasteiger partial charge is 0.439 e. The van der Waals surface area contributed by atoms with E-state index in [1.807, 2.05) is 45.0 Å². The van der Waals surface area contributed by atoms with Crippen molar-refractivity contribution in [3.05, 3.63) is 69.1 Å². The van der Waals surface area contributed by atoms with Crippen molar-refractivity contribution in [3.8, 4) is 11.4 Å². The molecule has 4 rings (SSSR count). The Morgan fingerprint density at radius 2 is 1.71 bits per heavy atom. The van der Waals surface area contributed by atoms with Crippen LogP contribution in [0.1, 0.15) is 58.4 Å². The van der Waals surface area contributed by atoms with Crippen LogP contribution in [0.3, 0.4) is 0 Å². The molecule has 1 heterocycles. The number of amides is 2. The average molecular weight is 642 g/mol. The van der Waals surface area contributed by atoms with Gasteiger partial charge in [-0.2, -0.15) is 0 Å². The summed E-state index contributed by atoms with van der Waals surface area (Å²) in [6.45, 7) is 6.01. The van der Waals surface area contributed by atoms with E-state index in [-0.39, 0.29) is 24.0 Å². The SMILES string of the molecule is CC(C)(C)OC(=O)NCC1CCC(C(=O)C[C@@H](Cc2ccc(Br)cc2)C(=O)Nc2ccc(-c3noc(=O)[nH]3)cc2)CC1. The molecule has 0 saturated heterocycles.